The number of amides is 2. The lowest BCUT2D eigenvalue weighted by Crippen LogP contribution is -2.26. The van der Waals surface area contributed by atoms with Gasteiger partial charge in [0.2, 0.25) is 0 Å². The summed E-state index contributed by atoms with van der Waals surface area (Å²) in [5.74, 6) is 1.05. The van der Waals surface area contributed by atoms with Crippen LogP contribution in [0.25, 0.3) is 0 Å². The van der Waals surface area contributed by atoms with Gasteiger partial charge in [-0.15, -0.1) is 0 Å². The molecule has 0 spiro atoms. The standard InChI is InChI=1S/C25H25BrN2O4/c1-31-22-12-5-17(15-23(22)32-2)13-14-27-24(29)19-6-3-18(4-7-19)16-28-25(30)20-8-10-21(26)11-9-20/h3-12,15H,13-14,16H2,1-2H3,(H,27,29)(H,28,30). The summed E-state index contributed by atoms with van der Waals surface area (Å²) in [6.45, 7) is 0.884. The normalized spacial score (nSPS) is 10.3. The van der Waals surface area contributed by atoms with Crippen LogP contribution >= 0.6 is 15.9 Å². The van der Waals surface area contributed by atoms with Crippen molar-refractivity contribution in [1.29, 1.82) is 0 Å². The molecule has 0 radical (unpaired) electrons. The van der Waals surface area contributed by atoms with Gasteiger partial charge < -0.3 is 20.1 Å². The summed E-state index contributed by atoms with van der Waals surface area (Å²) >= 11 is 3.35. The summed E-state index contributed by atoms with van der Waals surface area (Å²) in [6, 6.07) is 20.1. The van der Waals surface area contributed by atoms with Gasteiger partial charge in [-0.2, -0.15) is 0 Å². The lowest BCUT2D eigenvalue weighted by Gasteiger charge is -2.10. The van der Waals surface area contributed by atoms with Crippen molar-refractivity contribution in [1.82, 2.24) is 10.6 Å². The first kappa shape index (κ1) is 23.3. The molecule has 2 amide bonds. The number of rotatable bonds is 9. The molecule has 0 fully saturated rings. The van der Waals surface area contributed by atoms with Crippen molar-refractivity contribution in [3.05, 3.63) is 93.5 Å². The molecule has 3 aromatic carbocycles. The monoisotopic (exact) mass is 496 g/mol. The lowest BCUT2D eigenvalue weighted by atomic mass is 10.1. The average Bonchev–Trinajstić information content (AvgIpc) is 2.83. The highest BCUT2D eigenvalue weighted by atomic mass is 79.9. The van der Waals surface area contributed by atoms with Crippen LogP contribution in [-0.4, -0.2) is 32.6 Å². The molecule has 3 aromatic rings. The van der Waals surface area contributed by atoms with Crippen molar-refractivity contribution in [3.63, 3.8) is 0 Å². The minimum absolute atomic E-state index is 0.143. The summed E-state index contributed by atoms with van der Waals surface area (Å²) in [5.41, 5.74) is 3.12. The number of nitrogens with one attached hydrogen (secondary N) is 2. The van der Waals surface area contributed by atoms with Crippen LogP contribution in [0.2, 0.25) is 0 Å². The zero-order chi connectivity index (χ0) is 22.9. The Bertz CT molecular complexity index is 1070. The van der Waals surface area contributed by atoms with Crippen molar-refractivity contribution in [3.8, 4) is 11.5 Å². The summed E-state index contributed by atoms with van der Waals surface area (Å²) in [6.07, 6.45) is 0.673. The molecule has 166 valence electrons. The highest BCUT2D eigenvalue weighted by Crippen LogP contribution is 2.27. The van der Waals surface area contributed by atoms with Gasteiger partial charge in [-0.05, 0) is 66.1 Å². The molecular weight excluding hydrogens is 472 g/mol. The van der Waals surface area contributed by atoms with Crippen LogP contribution in [0.3, 0.4) is 0 Å². The smallest absolute Gasteiger partial charge is 0.251 e. The van der Waals surface area contributed by atoms with E-state index < -0.39 is 0 Å². The molecule has 7 heteroatoms. The number of hydrogen-bond donors (Lipinski definition) is 2. The van der Waals surface area contributed by atoms with Crippen LogP contribution in [0.4, 0.5) is 0 Å². The molecule has 0 saturated carbocycles. The topological polar surface area (TPSA) is 76.7 Å². The highest BCUT2D eigenvalue weighted by molar-refractivity contribution is 9.10. The number of benzene rings is 3. The molecule has 0 heterocycles. The first-order chi connectivity index (χ1) is 15.5. The van der Waals surface area contributed by atoms with Gasteiger partial charge >= 0.3 is 0 Å². The van der Waals surface area contributed by atoms with Crippen molar-refractivity contribution in [2.24, 2.45) is 0 Å². The van der Waals surface area contributed by atoms with E-state index >= 15 is 0 Å². The second-order valence-corrected chi connectivity index (χ2v) is 8.00. The van der Waals surface area contributed by atoms with Crippen LogP contribution < -0.4 is 20.1 Å². The van der Waals surface area contributed by atoms with E-state index in [9.17, 15) is 9.59 Å². The van der Waals surface area contributed by atoms with E-state index in [4.69, 9.17) is 9.47 Å². The van der Waals surface area contributed by atoms with E-state index in [1.165, 1.54) is 0 Å². The Morgan fingerprint density at radius 3 is 1.94 bits per heavy atom. The maximum absolute atomic E-state index is 12.4. The SMILES string of the molecule is COc1ccc(CCNC(=O)c2ccc(CNC(=O)c3ccc(Br)cc3)cc2)cc1OC. The lowest BCUT2D eigenvalue weighted by molar-refractivity contribution is 0.0943. The third kappa shape index (κ3) is 6.34. The summed E-state index contributed by atoms with van der Waals surface area (Å²) in [4.78, 5) is 24.6. The average molecular weight is 497 g/mol. The second kappa shape index (κ2) is 11.3. The van der Waals surface area contributed by atoms with Crippen molar-refractivity contribution in [2.75, 3.05) is 20.8 Å². The van der Waals surface area contributed by atoms with Gasteiger partial charge in [0.05, 0.1) is 14.2 Å². The Kier molecular flexibility index (Phi) is 8.27. The van der Waals surface area contributed by atoms with Gasteiger partial charge in [0.25, 0.3) is 11.8 Å². The second-order valence-electron chi connectivity index (χ2n) is 7.08. The van der Waals surface area contributed by atoms with E-state index in [-0.39, 0.29) is 11.8 Å². The number of ether oxygens (including phenoxy) is 2. The number of hydrogen-bond acceptors (Lipinski definition) is 4. The van der Waals surface area contributed by atoms with Crippen LogP contribution in [0.15, 0.2) is 71.2 Å². The molecule has 0 unspecified atom stereocenters. The maximum Gasteiger partial charge on any atom is 0.251 e. The molecule has 0 saturated heterocycles. The maximum atomic E-state index is 12.4. The molecule has 0 aliphatic rings. The zero-order valence-corrected chi connectivity index (χ0v) is 19.6. The first-order valence-corrected chi connectivity index (χ1v) is 10.9. The van der Waals surface area contributed by atoms with Gasteiger partial charge in [0.1, 0.15) is 0 Å². The Balaban J connectivity index is 1.47. The molecule has 0 atom stereocenters. The van der Waals surface area contributed by atoms with Crippen molar-refractivity contribution >= 4 is 27.7 Å². The van der Waals surface area contributed by atoms with E-state index in [1.54, 1.807) is 38.5 Å². The molecule has 0 aliphatic carbocycles. The van der Waals surface area contributed by atoms with Crippen molar-refractivity contribution in [2.45, 2.75) is 13.0 Å². The molecule has 0 bridgehead atoms. The highest BCUT2D eigenvalue weighted by Gasteiger charge is 2.08. The number of halogens is 1. The number of methoxy groups -OCH3 is 2. The van der Waals surface area contributed by atoms with Gasteiger partial charge in [-0.1, -0.05) is 34.1 Å². The Morgan fingerprint density at radius 2 is 1.31 bits per heavy atom. The Hall–Kier alpha value is -3.32. The van der Waals surface area contributed by atoms with E-state index in [0.717, 1.165) is 15.6 Å². The zero-order valence-electron chi connectivity index (χ0n) is 18.0. The molecular formula is C25H25BrN2O4. The minimum atomic E-state index is -0.144. The van der Waals surface area contributed by atoms with Gasteiger partial charge in [0, 0.05) is 28.7 Å². The third-order valence-electron chi connectivity index (χ3n) is 4.92. The fraction of sp³-hybridized carbons (Fsp3) is 0.200. The van der Waals surface area contributed by atoms with Crippen LogP contribution in [0, 0.1) is 0 Å². The first-order valence-electron chi connectivity index (χ1n) is 10.1. The Morgan fingerprint density at radius 1 is 0.750 bits per heavy atom. The van der Waals surface area contributed by atoms with Gasteiger partial charge in [0.15, 0.2) is 11.5 Å². The fourth-order valence-corrected chi connectivity index (χ4v) is 3.38. The quantitative estimate of drug-likeness (QED) is 0.461. The van der Waals surface area contributed by atoms with E-state index in [2.05, 4.69) is 26.6 Å². The molecule has 0 aromatic heterocycles. The van der Waals surface area contributed by atoms with Crippen LogP contribution in [-0.2, 0) is 13.0 Å². The number of carbonyl (C=O) groups is 2. The largest absolute Gasteiger partial charge is 0.493 e. The minimum Gasteiger partial charge on any atom is -0.493 e. The predicted molar refractivity (Wildman–Crippen MR) is 127 cm³/mol. The van der Waals surface area contributed by atoms with Crippen molar-refractivity contribution < 1.29 is 19.1 Å². The predicted octanol–water partition coefficient (Wildman–Crippen LogP) is 4.37. The fourth-order valence-electron chi connectivity index (χ4n) is 3.12. The summed E-state index contributed by atoms with van der Waals surface area (Å²) in [7, 11) is 3.19. The Labute approximate surface area is 196 Å². The van der Waals surface area contributed by atoms with Gasteiger partial charge in [-0.3, -0.25) is 9.59 Å². The third-order valence-corrected chi connectivity index (χ3v) is 5.45. The molecule has 0 aliphatic heterocycles. The molecule has 6 nitrogen and oxygen atoms in total. The summed E-state index contributed by atoms with van der Waals surface area (Å²) < 4.78 is 11.5. The van der Waals surface area contributed by atoms with E-state index in [1.807, 2.05) is 42.5 Å². The molecule has 32 heavy (non-hydrogen) atoms. The van der Waals surface area contributed by atoms with Crippen LogP contribution in [0.5, 0.6) is 11.5 Å². The molecule has 2 N–H and O–H groups in total. The molecule has 3 rings (SSSR count). The number of carbonyl (C=O) groups excluding carboxylic acids is 2. The summed E-state index contributed by atoms with van der Waals surface area (Å²) in [5, 5.41) is 5.80. The van der Waals surface area contributed by atoms with Gasteiger partial charge in [-0.25, -0.2) is 0 Å². The van der Waals surface area contributed by atoms with E-state index in [0.29, 0.717) is 42.1 Å². The van der Waals surface area contributed by atoms with Crippen LogP contribution in [0.1, 0.15) is 31.8 Å².